The molecule has 0 radical (unpaired) electrons. The van der Waals surface area contributed by atoms with Crippen molar-refractivity contribution in [3.8, 4) is 17.2 Å². The second-order valence-electron chi connectivity index (χ2n) is 4.62. The van der Waals surface area contributed by atoms with E-state index in [2.05, 4.69) is 15.6 Å². The highest BCUT2D eigenvalue weighted by atomic mass is 19.1. The van der Waals surface area contributed by atoms with Crippen molar-refractivity contribution >= 4 is 6.09 Å². The van der Waals surface area contributed by atoms with Crippen LogP contribution in [0.2, 0.25) is 0 Å². The summed E-state index contributed by atoms with van der Waals surface area (Å²) in [6.45, 7) is 0.894. The van der Waals surface area contributed by atoms with Crippen LogP contribution in [-0.4, -0.2) is 27.6 Å². The molecule has 0 aliphatic rings. The van der Waals surface area contributed by atoms with Gasteiger partial charge in [0.1, 0.15) is 5.82 Å². The zero-order chi connectivity index (χ0) is 16.1. The van der Waals surface area contributed by atoms with Gasteiger partial charge in [0, 0.05) is 24.5 Å². The van der Waals surface area contributed by atoms with E-state index in [1.165, 1.54) is 18.2 Å². The first-order valence-electron chi connectivity index (χ1n) is 6.86. The number of hydrogen-bond acceptors (Lipinski definition) is 5. The molecular weight excluding hydrogens is 303 g/mol. The Bertz CT molecular complexity index is 768. The number of halogens is 1. The summed E-state index contributed by atoms with van der Waals surface area (Å²) in [6, 6.07) is 8.96. The highest BCUT2D eigenvalue weighted by Gasteiger charge is 2.11. The fourth-order valence-corrected chi connectivity index (χ4v) is 1.89. The van der Waals surface area contributed by atoms with Gasteiger partial charge in [0.05, 0.1) is 12.6 Å². The smallest absolute Gasteiger partial charge is 0.388 e. The number of ether oxygens (including phenoxy) is 1. The molecule has 118 valence electrons. The molecule has 0 saturated heterocycles. The molecule has 23 heavy (non-hydrogen) atoms. The Hall–Kier alpha value is -3.16. The highest BCUT2D eigenvalue weighted by molar-refractivity contribution is 5.70. The molecule has 3 aromatic rings. The van der Waals surface area contributed by atoms with E-state index in [1.54, 1.807) is 35.3 Å². The van der Waals surface area contributed by atoms with E-state index in [1.807, 2.05) is 0 Å². The molecule has 2 aromatic heterocycles. The van der Waals surface area contributed by atoms with Gasteiger partial charge in [0.25, 0.3) is 5.88 Å². The van der Waals surface area contributed by atoms with E-state index >= 15 is 0 Å². The molecule has 0 aliphatic heterocycles. The van der Waals surface area contributed by atoms with Gasteiger partial charge in [0.15, 0.2) is 5.76 Å². The Morgan fingerprint density at radius 2 is 2.17 bits per heavy atom. The average Bonchev–Trinajstić information content (AvgIpc) is 3.20. The molecule has 0 unspecified atom stereocenters. The zero-order valence-corrected chi connectivity index (χ0v) is 12.0. The van der Waals surface area contributed by atoms with Gasteiger partial charge in [0.2, 0.25) is 0 Å². The molecule has 1 amide bonds. The Morgan fingerprint density at radius 1 is 1.35 bits per heavy atom. The lowest BCUT2D eigenvalue weighted by atomic mass is 10.2. The van der Waals surface area contributed by atoms with E-state index in [0.717, 1.165) is 0 Å². The third-order valence-corrected chi connectivity index (χ3v) is 2.98. The second-order valence-corrected chi connectivity index (χ2v) is 4.62. The van der Waals surface area contributed by atoms with E-state index in [9.17, 15) is 9.18 Å². The minimum absolute atomic E-state index is 0.0286. The minimum Gasteiger partial charge on any atom is -0.388 e. The number of nitrogens with zero attached hydrogens (tertiary/aromatic N) is 3. The summed E-state index contributed by atoms with van der Waals surface area (Å²) in [4.78, 5) is 11.6. The van der Waals surface area contributed by atoms with Crippen molar-refractivity contribution in [2.24, 2.45) is 0 Å². The predicted octanol–water partition coefficient (Wildman–Crippen LogP) is 2.47. The number of hydrogen-bond donors (Lipinski definition) is 1. The first-order valence-corrected chi connectivity index (χ1v) is 6.86. The van der Waals surface area contributed by atoms with E-state index in [-0.39, 0.29) is 11.7 Å². The van der Waals surface area contributed by atoms with Crippen LogP contribution in [-0.2, 0) is 6.54 Å². The van der Waals surface area contributed by atoms with Gasteiger partial charge < -0.3 is 14.6 Å². The van der Waals surface area contributed by atoms with Gasteiger partial charge in [-0.1, -0.05) is 0 Å². The molecule has 0 saturated carbocycles. The molecular formula is C15H13FN4O3. The normalized spacial score (nSPS) is 10.5. The number of aromatic nitrogens is 3. The van der Waals surface area contributed by atoms with Crippen molar-refractivity contribution in [2.75, 3.05) is 6.54 Å². The van der Waals surface area contributed by atoms with Gasteiger partial charge >= 0.3 is 6.09 Å². The Kier molecular flexibility index (Phi) is 4.32. The maximum absolute atomic E-state index is 12.9. The van der Waals surface area contributed by atoms with Crippen molar-refractivity contribution in [3.63, 3.8) is 0 Å². The topological polar surface area (TPSA) is 82.2 Å². The summed E-state index contributed by atoms with van der Waals surface area (Å²) in [5, 5.41) is 10.2. The molecule has 0 atom stereocenters. The second kappa shape index (κ2) is 6.73. The van der Waals surface area contributed by atoms with Crippen LogP contribution in [0.15, 0.2) is 53.3 Å². The quantitative estimate of drug-likeness (QED) is 0.782. The maximum atomic E-state index is 12.9. The van der Waals surface area contributed by atoms with Crippen LogP contribution in [0.25, 0.3) is 11.3 Å². The van der Waals surface area contributed by atoms with Gasteiger partial charge in [-0.25, -0.2) is 9.18 Å². The largest absolute Gasteiger partial charge is 0.414 e. The summed E-state index contributed by atoms with van der Waals surface area (Å²) < 4.78 is 24.6. The Balaban J connectivity index is 1.52. The van der Waals surface area contributed by atoms with Crippen LogP contribution in [0.3, 0.4) is 0 Å². The van der Waals surface area contributed by atoms with Crippen LogP contribution in [0.1, 0.15) is 0 Å². The summed E-state index contributed by atoms with van der Waals surface area (Å²) in [6.07, 6.45) is 2.81. The summed E-state index contributed by atoms with van der Waals surface area (Å²) in [5.41, 5.74) is 0.632. The lowest BCUT2D eigenvalue weighted by molar-refractivity contribution is 0.195. The first kappa shape index (κ1) is 14.8. The highest BCUT2D eigenvalue weighted by Crippen LogP contribution is 2.23. The van der Waals surface area contributed by atoms with Crippen LogP contribution < -0.4 is 10.1 Å². The molecule has 1 aromatic carbocycles. The van der Waals surface area contributed by atoms with Crippen LogP contribution >= 0.6 is 0 Å². The van der Waals surface area contributed by atoms with Crippen LogP contribution in [0.5, 0.6) is 5.88 Å². The summed E-state index contributed by atoms with van der Waals surface area (Å²) in [7, 11) is 0. The maximum Gasteiger partial charge on any atom is 0.414 e. The molecule has 0 aliphatic carbocycles. The number of benzene rings is 1. The number of nitrogens with one attached hydrogen (secondary N) is 1. The number of carbonyl (C=O) groups is 1. The third kappa shape index (κ3) is 3.94. The molecule has 1 N–H and O–H groups in total. The lowest BCUT2D eigenvalue weighted by Crippen LogP contribution is -2.30. The molecule has 3 rings (SSSR count). The van der Waals surface area contributed by atoms with E-state index in [0.29, 0.717) is 24.4 Å². The van der Waals surface area contributed by atoms with Gasteiger partial charge in [-0.15, -0.1) is 0 Å². The fraction of sp³-hybridized carbons (Fsp3) is 0.133. The standard InChI is InChI=1S/C15H13FN4O3/c16-12-4-2-11(3-5-12)13-10-14(19-23-13)22-15(21)17-7-9-20-8-1-6-18-20/h1-6,8,10H,7,9H2,(H,17,21). The molecule has 2 heterocycles. The third-order valence-electron chi connectivity index (χ3n) is 2.98. The Labute approximate surface area is 130 Å². The van der Waals surface area contributed by atoms with E-state index in [4.69, 9.17) is 9.26 Å². The predicted molar refractivity (Wildman–Crippen MR) is 78.2 cm³/mol. The average molecular weight is 316 g/mol. The van der Waals surface area contributed by atoms with Gasteiger partial charge in [-0.3, -0.25) is 4.68 Å². The summed E-state index contributed by atoms with van der Waals surface area (Å²) >= 11 is 0. The monoisotopic (exact) mass is 316 g/mol. The van der Waals surface area contributed by atoms with Gasteiger partial charge in [-0.2, -0.15) is 5.10 Å². The fourth-order valence-electron chi connectivity index (χ4n) is 1.89. The molecule has 0 spiro atoms. The number of rotatable bonds is 5. The van der Waals surface area contributed by atoms with Crippen molar-refractivity contribution in [1.29, 1.82) is 0 Å². The molecule has 8 heteroatoms. The van der Waals surface area contributed by atoms with Crippen molar-refractivity contribution in [1.82, 2.24) is 20.3 Å². The zero-order valence-electron chi connectivity index (χ0n) is 12.0. The van der Waals surface area contributed by atoms with E-state index < -0.39 is 6.09 Å². The molecule has 0 bridgehead atoms. The minimum atomic E-state index is -0.642. The number of amides is 1. The molecule has 7 nitrogen and oxygen atoms in total. The molecule has 0 fully saturated rings. The van der Waals surface area contributed by atoms with Crippen molar-refractivity contribution in [3.05, 3.63) is 54.6 Å². The summed E-state index contributed by atoms with van der Waals surface area (Å²) in [5.74, 6) is 0.0616. The number of carbonyl (C=O) groups excluding carboxylic acids is 1. The van der Waals surface area contributed by atoms with Crippen LogP contribution in [0, 0.1) is 5.82 Å². The Morgan fingerprint density at radius 3 is 2.91 bits per heavy atom. The SMILES string of the molecule is O=C(NCCn1cccn1)Oc1cc(-c2ccc(F)cc2)on1. The van der Waals surface area contributed by atoms with Gasteiger partial charge in [-0.05, 0) is 35.5 Å². The van der Waals surface area contributed by atoms with Crippen LogP contribution in [0.4, 0.5) is 9.18 Å². The van der Waals surface area contributed by atoms with Crippen molar-refractivity contribution < 1.29 is 18.4 Å². The van der Waals surface area contributed by atoms with Crippen molar-refractivity contribution in [2.45, 2.75) is 6.54 Å². The first-order chi connectivity index (χ1) is 11.2. The lowest BCUT2D eigenvalue weighted by Gasteiger charge is -2.04.